The Morgan fingerprint density at radius 1 is 1.50 bits per heavy atom. The minimum absolute atomic E-state index is 0.102. The van der Waals surface area contributed by atoms with Crippen molar-refractivity contribution in [2.45, 2.75) is 36.7 Å². The predicted octanol–water partition coefficient (Wildman–Crippen LogP) is -0.0593. The predicted molar refractivity (Wildman–Crippen MR) is 60.7 cm³/mol. The lowest BCUT2D eigenvalue weighted by atomic mass is 10.2. The van der Waals surface area contributed by atoms with Crippen LogP contribution < -0.4 is 5.73 Å². The SMILES string of the molecule is COC(=O)C1CCC2SCCC(N)C(=O)N21. The van der Waals surface area contributed by atoms with E-state index in [1.54, 1.807) is 16.7 Å². The van der Waals surface area contributed by atoms with Crippen molar-refractivity contribution in [3.05, 3.63) is 0 Å². The molecule has 2 N–H and O–H groups in total. The van der Waals surface area contributed by atoms with E-state index in [0.717, 1.165) is 12.2 Å². The zero-order valence-electron chi connectivity index (χ0n) is 9.22. The molecule has 2 heterocycles. The number of carbonyl (C=O) groups is 2. The molecule has 6 heteroatoms. The summed E-state index contributed by atoms with van der Waals surface area (Å²) in [6.07, 6.45) is 2.22. The summed E-state index contributed by atoms with van der Waals surface area (Å²) < 4.78 is 4.72. The maximum absolute atomic E-state index is 12.0. The topological polar surface area (TPSA) is 72.6 Å². The van der Waals surface area contributed by atoms with Gasteiger partial charge in [-0.1, -0.05) is 0 Å². The van der Waals surface area contributed by atoms with Crippen LogP contribution in [0.4, 0.5) is 0 Å². The normalized spacial score (nSPS) is 34.5. The fourth-order valence-electron chi connectivity index (χ4n) is 2.25. The summed E-state index contributed by atoms with van der Waals surface area (Å²) in [6.45, 7) is 0. The Bertz CT molecular complexity index is 310. The average molecular weight is 244 g/mol. The van der Waals surface area contributed by atoms with Crippen LogP contribution in [0.3, 0.4) is 0 Å². The van der Waals surface area contributed by atoms with Crippen molar-refractivity contribution in [2.75, 3.05) is 12.9 Å². The standard InChI is InChI=1S/C10H16N2O3S/c1-15-10(14)7-2-3-8-12(7)9(13)6(11)4-5-16-8/h6-8H,2-5,11H2,1H3. The molecule has 2 aliphatic heterocycles. The Balaban J connectivity index is 2.20. The van der Waals surface area contributed by atoms with Crippen molar-refractivity contribution in [1.82, 2.24) is 4.90 Å². The average Bonchev–Trinajstić information content (AvgIpc) is 2.65. The van der Waals surface area contributed by atoms with Gasteiger partial charge in [-0.15, -0.1) is 11.8 Å². The monoisotopic (exact) mass is 244 g/mol. The van der Waals surface area contributed by atoms with Gasteiger partial charge in [0.25, 0.3) is 0 Å². The molecule has 0 aromatic rings. The fraction of sp³-hybridized carbons (Fsp3) is 0.800. The Morgan fingerprint density at radius 3 is 2.94 bits per heavy atom. The van der Waals surface area contributed by atoms with E-state index in [-0.39, 0.29) is 17.3 Å². The van der Waals surface area contributed by atoms with Crippen LogP contribution in [0.15, 0.2) is 0 Å². The Kier molecular flexibility index (Phi) is 3.39. The molecule has 0 spiro atoms. The number of fused-ring (bicyclic) bond motifs is 1. The van der Waals surface area contributed by atoms with Crippen LogP contribution in [0.25, 0.3) is 0 Å². The molecule has 0 aliphatic carbocycles. The van der Waals surface area contributed by atoms with Gasteiger partial charge in [0, 0.05) is 0 Å². The van der Waals surface area contributed by atoms with Gasteiger partial charge in [-0.2, -0.15) is 0 Å². The number of methoxy groups -OCH3 is 1. The molecule has 0 bridgehead atoms. The van der Waals surface area contributed by atoms with E-state index in [2.05, 4.69) is 0 Å². The van der Waals surface area contributed by atoms with Gasteiger partial charge in [-0.25, -0.2) is 4.79 Å². The maximum Gasteiger partial charge on any atom is 0.328 e. The Hall–Kier alpha value is -0.750. The molecule has 90 valence electrons. The van der Waals surface area contributed by atoms with Gasteiger partial charge in [-0.3, -0.25) is 4.79 Å². The first-order valence-electron chi connectivity index (χ1n) is 5.42. The third-order valence-electron chi connectivity index (χ3n) is 3.12. The molecule has 16 heavy (non-hydrogen) atoms. The summed E-state index contributed by atoms with van der Waals surface area (Å²) in [5.41, 5.74) is 5.78. The van der Waals surface area contributed by atoms with E-state index in [4.69, 9.17) is 10.5 Å². The molecule has 3 unspecified atom stereocenters. The Morgan fingerprint density at radius 2 is 2.25 bits per heavy atom. The lowest BCUT2D eigenvalue weighted by Crippen LogP contribution is -2.49. The molecule has 0 aromatic carbocycles. The first-order chi connectivity index (χ1) is 7.65. The number of amides is 1. The molecule has 0 aromatic heterocycles. The third-order valence-corrected chi connectivity index (χ3v) is 4.44. The highest BCUT2D eigenvalue weighted by molar-refractivity contribution is 7.99. The number of nitrogens with zero attached hydrogens (tertiary/aromatic N) is 1. The van der Waals surface area contributed by atoms with Crippen molar-refractivity contribution < 1.29 is 14.3 Å². The van der Waals surface area contributed by atoms with Crippen molar-refractivity contribution in [1.29, 1.82) is 0 Å². The first kappa shape index (κ1) is 11.7. The quantitative estimate of drug-likeness (QED) is 0.654. The molecular formula is C10H16N2O3S. The van der Waals surface area contributed by atoms with Gasteiger partial charge in [0.15, 0.2) is 0 Å². The Labute approximate surface area is 98.7 Å². The highest BCUT2D eigenvalue weighted by atomic mass is 32.2. The number of hydrogen-bond acceptors (Lipinski definition) is 5. The van der Waals surface area contributed by atoms with Crippen LogP contribution in [0.1, 0.15) is 19.3 Å². The van der Waals surface area contributed by atoms with Crippen LogP contribution in [0.5, 0.6) is 0 Å². The summed E-state index contributed by atoms with van der Waals surface area (Å²) >= 11 is 1.71. The molecule has 0 radical (unpaired) electrons. The maximum atomic E-state index is 12.0. The zero-order valence-corrected chi connectivity index (χ0v) is 10.0. The number of ether oxygens (including phenoxy) is 1. The summed E-state index contributed by atoms with van der Waals surface area (Å²) in [4.78, 5) is 25.2. The lowest BCUT2D eigenvalue weighted by Gasteiger charge is -2.27. The molecule has 2 aliphatic rings. The van der Waals surface area contributed by atoms with E-state index in [1.165, 1.54) is 7.11 Å². The van der Waals surface area contributed by atoms with Gasteiger partial charge >= 0.3 is 5.97 Å². The lowest BCUT2D eigenvalue weighted by molar-refractivity contribution is -0.151. The van der Waals surface area contributed by atoms with Gasteiger partial charge < -0.3 is 15.4 Å². The van der Waals surface area contributed by atoms with Crippen LogP contribution in [0.2, 0.25) is 0 Å². The number of esters is 1. The van der Waals surface area contributed by atoms with Crippen molar-refractivity contribution in [3.63, 3.8) is 0 Å². The van der Waals surface area contributed by atoms with E-state index >= 15 is 0 Å². The fourth-order valence-corrected chi connectivity index (χ4v) is 3.63. The zero-order chi connectivity index (χ0) is 11.7. The van der Waals surface area contributed by atoms with Gasteiger partial charge in [-0.05, 0) is 25.0 Å². The number of thioether (sulfide) groups is 1. The second-order valence-electron chi connectivity index (χ2n) is 4.08. The van der Waals surface area contributed by atoms with Gasteiger partial charge in [0.1, 0.15) is 6.04 Å². The minimum atomic E-state index is -0.470. The highest BCUT2D eigenvalue weighted by Gasteiger charge is 2.44. The molecule has 1 amide bonds. The molecule has 2 fully saturated rings. The molecular weight excluding hydrogens is 228 g/mol. The molecule has 5 nitrogen and oxygen atoms in total. The summed E-state index contributed by atoms with van der Waals surface area (Å²) in [5, 5.41) is 0.102. The van der Waals surface area contributed by atoms with E-state index in [9.17, 15) is 9.59 Å². The molecule has 0 saturated carbocycles. The second kappa shape index (κ2) is 4.63. The smallest absolute Gasteiger partial charge is 0.328 e. The van der Waals surface area contributed by atoms with Crippen LogP contribution >= 0.6 is 11.8 Å². The van der Waals surface area contributed by atoms with E-state index < -0.39 is 12.1 Å². The van der Waals surface area contributed by atoms with Gasteiger partial charge in [0.05, 0.1) is 18.5 Å². The summed E-state index contributed by atoms with van der Waals surface area (Å²) in [7, 11) is 1.35. The summed E-state index contributed by atoms with van der Waals surface area (Å²) in [5.74, 6) is 0.440. The highest BCUT2D eigenvalue weighted by Crippen LogP contribution is 2.35. The number of rotatable bonds is 1. The van der Waals surface area contributed by atoms with Crippen LogP contribution in [-0.2, 0) is 14.3 Å². The number of nitrogens with two attached hydrogens (primary N) is 1. The molecule has 2 saturated heterocycles. The first-order valence-corrected chi connectivity index (χ1v) is 6.47. The third kappa shape index (κ3) is 1.91. The second-order valence-corrected chi connectivity index (χ2v) is 5.37. The molecule has 2 rings (SSSR count). The van der Waals surface area contributed by atoms with Crippen LogP contribution in [0, 0.1) is 0 Å². The van der Waals surface area contributed by atoms with Crippen molar-refractivity contribution >= 4 is 23.6 Å². The van der Waals surface area contributed by atoms with Gasteiger partial charge in [0.2, 0.25) is 5.91 Å². The summed E-state index contributed by atoms with van der Waals surface area (Å²) in [6, 6.07) is -0.901. The molecule has 3 atom stereocenters. The van der Waals surface area contributed by atoms with Crippen molar-refractivity contribution in [3.8, 4) is 0 Å². The van der Waals surface area contributed by atoms with E-state index in [1.807, 2.05) is 0 Å². The largest absolute Gasteiger partial charge is 0.467 e. The number of carbonyl (C=O) groups excluding carboxylic acids is 2. The van der Waals surface area contributed by atoms with Crippen LogP contribution in [-0.4, -0.2) is 47.1 Å². The minimum Gasteiger partial charge on any atom is -0.467 e. The van der Waals surface area contributed by atoms with Crippen molar-refractivity contribution in [2.24, 2.45) is 5.73 Å². The number of hydrogen-bond donors (Lipinski definition) is 1. The van der Waals surface area contributed by atoms with E-state index in [0.29, 0.717) is 12.8 Å².